The molecule has 0 saturated carbocycles. The van der Waals surface area contributed by atoms with Crippen molar-refractivity contribution in [2.75, 3.05) is 0 Å². The van der Waals surface area contributed by atoms with Gasteiger partial charge in [0.2, 0.25) is 0 Å². The highest BCUT2D eigenvalue weighted by atomic mass is 19.1. The normalized spacial score (nSPS) is 19.4. The summed E-state index contributed by atoms with van der Waals surface area (Å²) in [5.41, 5.74) is 1.21. The van der Waals surface area contributed by atoms with Crippen LogP contribution in [0.1, 0.15) is 34.0 Å². The third kappa shape index (κ3) is 3.02. The number of rotatable bonds is 3. The molecule has 1 N–H and O–H groups in total. The number of benzene rings is 2. The molecule has 1 heterocycles. The molecule has 2 aromatic rings. The van der Waals surface area contributed by atoms with Crippen LogP contribution < -0.4 is 5.32 Å². The second-order valence-corrected chi connectivity index (χ2v) is 6.22. The summed E-state index contributed by atoms with van der Waals surface area (Å²) in [7, 11) is 0. The zero-order valence-corrected chi connectivity index (χ0v) is 13.6. The number of nitrogens with one attached hydrogen (secondary N) is 1. The fraction of sp³-hybridized carbons (Fsp3) is 0.263. The summed E-state index contributed by atoms with van der Waals surface area (Å²) in [5, 5.41) is 2.72. The van der Waals surface area contributed by atoms with Gasteiger partial charge in [0.25, 0.3) is 5.91 Å². The summed E-state index contributed by atoms with van der Waals surface area (Å²) in [5.74, 6) is -1.21. The molecule has 1 unspecified atom stereocenters. The molecule has 0 radical (unpaired) electrons. The van der Waals surface area contributed by atoms with Gasteiger partial charge in [0.15, 0.2) is 5.60 Å². The summed E-state index contributed by atoms with van der Waals surface area (Å²) in [6, 6.07) is 11.9. The van der Waals surface area contributed by atoms with Crippen molar-refractivity contribution < 1.29 is 18.7 Å². The molecule has 0 fully saturated rings. The quantitative estimate of drug-likeness (QED) is 0.882. The molecule has 1 aliphatic rings. The molecule has 124 valence electrons. The number of cyclic esters (lactones) is 1. The fourth-order valence-corrected chi connectivity index (χ4v) is 2.77. The lowest BCUT2D eigenvalue weighted by molar-refractivity contribution is -0.139. The maximum atomic E-state index is 13.6. The Hall–Kier alpha value is -2.69. The number of esters is 1. The zero-order chi connectivity index (χ0) is 17.3. The largest absolute Gasteiger partial charge is 0.445 e. The number of hydrogen-bond acceptors (Lipinski definition) is 3. The number of carbonyl (C=O) groups is 2. The Balaban J connectivity index is 1.73. The van der Waals surface area contributed by atoms with E-state index in [1.807, 2.05) is 12.1 Å². The lowest BCUT2D eigenvalue weighted by Gasteiger charge is -2.33. The summed E-state index contributed by atoms with van der Waals surface area (Å²) < 4.78 is 18.9. The van der Waals surface area contributed by atoms with E-state index in [-0.39, 0.29) is 12.4 Å². The highest BCUT2D eigenvalue weighted by Crippen LogP contribution is 2.28. The Bertz CT molecular complexity index is 818. The van der Waals surface area contributed by atoms with Gasteiger partial charge < -0.3 is 10.1 Å². The monoisotopic (exact) mass is 327 g/mol. The van der Waals surface area contributed by atoms with Crippen molar-refractivity contribution in [2.24, 2.45) is 0 Å². The fourth-order valence-electron chi connectivity index (χ4n) is 2.77. The molecule has 5 heteroatoms. The second-order valence-electron chi connectivity index (χ2n) is 6.22. The number of halogens is 1. The van der Waals surface area contributed by atoms with Gasteiger partial charge in [0.05, 0.1) is 5.56 Å². The maximum absolute atomic E-state index is 13.6. The van der Waals surface area contributed by atoms with E-state index in [1.165, 1.54) is 6.07 Å². The minimum atomic E-state index is -1.27. The highest BCUT2D eigenvalue weighted by molar-refractivity contribution is 5.97. The number of ether oxygens (including phenoxy) is 1. The Morgan fingerprint density at radius 2 is 2.04 bits per heavy atom. The minimum Gasteiger partial charge on any atom is -0.445 e. The van der Waals surface area contributed by atoms with Crippen LogP contribution in [0.2, 0.25) is 0 Å². The molecule has 4 nitrogen and oxygen atoms in total. The molecular weight excluding hydrogens is 309 g/mol. The molecule has 2 aromatic carbocycles. The van der Waals surface area contributed by atoms with Crippen LogP contribution in [0.15, 0.2) is 42.5 Å². The Labute approximate surface area is 139 Å². The van der Waals surface area contributed by atoms with Gasteiger partial charge in [-0.1, -0.05) is 30.3 Å². The number of carbonyl (C=O) groups excluding carboxylic acids is 2. The van der Waals surface area contributed by atoms with Gasteiger partial charge in [-0.25, -0.2) is 9.18 Å². The first kappa shape index (κ1) is 16.2. The first-order chi connectivity index (χ1) is 11.4. The smallest absolute Gasteiger partial charge is 0.339 e. The highest BCUT2D eigenvalue weighted by Gasteiger charge is 2.42. The number of hydrogen-bond donors (Lipinski definition) is 1. The van der Waals surface area contributed by atoms with Gasteiger partial charge >= 0.3 is 5.97 Å². The lowest BCUT2D eigenvalue weighted by Crippen LogP contribution is -2.51. The molecule has 0 aromatic heterocycles. The van der Waals surface area contributed by atoms with E-state index in [0.717, 1.165) is 5.56 Å². The molecule has 1 aliphatic heterocycles. The molecule has 0 aliphatic carbocycles. The standard InChI is InChI=1S/C19H18FNO3/c1-12-7-8-13(9-16(12)20)11-21-18(23)19(2)10-14-5-3-4-6-15(14)17(22)24-19/h3-9H,10-11H2,1-2H3,(H,21,23). The SMILES string of the molecule is Cc1ccc(CNC(=O)C2(C)Cc3ccccc3C(=O)O2)cc1F. The van der Waals surface area contributed by atoms with Crippen molar-refractivity contribution in [1.29, 1.82) is 0 Å². The van der Waals surface area contributed by atoms with Crippen LogP contribution in [0.3, 0.4) is 0 Å². The van der Waals surface area contributed by atoms with Gasteiger partial charge in [0, 0.05) is 13.0 Å². The van der Waals surface area contributed by atoms with Gasteiger partial charge in [-0.3, -0.25) is 4.79 Å². The second kappa shape index (κ2) is 6.07. The van der Waals surface area contributed by atoms with E-state index < -0.39 is 17.5 Å². The minimum absolute atomic E-state index is 0.171. The van der Waals surface area contributed by atoms with Crippen molar-refractivity contribution in [3.05, 3.63) is 70.5 Å². The zero-order valence-electron chi connectivity index (χ0n) is 13.6. The Morgan fingerprint density at radius 3 is 2.79 bits per heavy atom. The van der Waals surface area contributed by atoms with E-state index in [9.17, 15) is 14.0 Å². The van der Waals surface area contributed by atoms with Gasteiger partial charge in [0.1, 0.15) is 5.82 Å². The number of aryl methyl sites for hydroxylation is 1. The van der Waals surface area contributed by atoms with Crippen molar-refractivity contribution in [1.82, 2.24) is 5.32 Å². The van der Waals surface area contributed by atoms with Gasteiger partial charge in [-0.15, -0.1) is 0 Å². The molecular formula is C19H18FNO3. The van der Waals surface area contributed by atoms with E-state index >= 15 is 0 Å². The predicted molar refractivity (Wildman–Crippen MR) is 87.0 cm³/mol. The predicted octanol–water partition coefficient (Wildman–Crippen LogP) is 2.92. The van der Waals surface area contributed by atoms with Gasteiger partial charge in [-0.2, -0.15) is 0 Å². The van der Waals surface area contributed by atoms with Crippen molar-refractivity contribution >= 4 is 11.9 Å². The molecule has 0 saturated heterocycles. The molecule has 1 amide bonds. The van der Waals surface area contributed by atoms with Crippen LogP contribution in [0.5, 0.6) is 0 Å². The Morgan fingerprint density at radius 1 is 1.29 bits per heavy atom. The first-order valence-corrected chi connectivity index (χ1v) is 7.74. The average Bonchev–Trinajstić information content (AvgIpc) is 2.55. The molecule has 0 bridgehead atoms. The first-order valence-electron chi connectivity index (χ1n) is 7.74. The summed E-state index contributed by atoms with van der Waals surface area (Å²) in [6.07, 6.45) is 0.309. The summed E-state index contributed by atoms with van der Waals surface area (Å²) >= 11 is 0. The molecule has 1 atom stereocenters. The van der Waals surface area contributed by atoms with Crippen molar-refractivity contribution in [2.45, 2.75) is 32.4 Å². The van der Waals surface area contributed by atoms with Crippen LogP contribution in [0, 0.1) is 12.7 Å². The van der Waals surface area contributed by atoms with Crippen LogP contribution in [0.25, 0.3) is 0 Å². The summed E-state index contributed by atoms with van der Waals surface area (Å²) in [6.45, 7) is 3.44. The van der Waals surface area contributed by atoms with Crippen LogP contribution in [-0.4, -0.2) is 17.5 Å². The van der Waals surface area contributed by atoms with Crippen molar-refractivity contribution in [3.8, 4) is 0 Å². The average molecular weight is 327 g/mol. The van der Waals surface area contributed by atoms with Gasteiger partial charge in [-0.05, 0) is 42.7 Å². The van der Waals surface area contributed by atoms with E-state index in [1.54, 1.807) is 38.1 Å². The molecule has 3 rings (SSSR count). The van der Waals surface area contributed by atoms with Crippen LogP contribution in [0.4, 0.5) is 4.39 Å². The Kier molecular flexibility index (Phi) is 4.09. The molecule has 0 spiro atoms. The van der Waals surface area contributed by atoms with E-state index in [0.29, 0.717) is 23.1 Å². The lowest BCUT2D eigenvalue weighted by atomic mass is 9.89. The third-order valence-electron chi connectivity index (χ3n) is 4.25. The van der Waals surface area contributed by atoms with E-state index in [2.05, 4.69) is 5.32 Å². The number of fused-ring (bicyclic) bond motifs is 1. The number of amides is 1. The third-order valence-corrected chi connectivity index (χ3v) is 4.25. The summed E-state index contributed by atoms with van der Waals surface area (Å²) in [4.78, 5) is 24.6. The maximum Gasteiger partial charge on any atom is 0.339 e. The van der Waals surface area contributed by atoms with Crippen LogP contribution in [-0.2, 0) is 22.5 Å². The van der Waals surface area contributed by atoms with Crippen LogP contribution >= 0.6 is 0 Å². The van der Waals surface area contributed by atoms with Crippen molar-refractivity contribution in [3.63, 3.8) is 0 Å². The van der Waals surface area contributed by atoms with E-state index in [4.69, 9.17) is 4.74 Å². The molecule has 24 heavy (non-hydrogen) atoms. The topological polar surface area (TPSA) is 55.4 Å².